The maximum absolute atomic E-state index is 14.6. The zero-order valence-corrected chi connectivity index (χ0v) is 25.7. The number of benzene rings is 3. The third-order valence-corrected chi connectivity index (χ3v) is 8.04. The van der Waals surface area contributed by atoms with Gasteiger partial charge in [0, 0.05) is 43.5 Å². The Balaban J connectivity index is 1.00. The van der Waals surface area contributed by atoms with E-state index in [2.05, 4.69) is 15.0 Å². The van der Waals surface area contributed by atoms with Crippen LogP contribution in [-0.2, 0) is 29.2 Å². The molecule has 2 N–H and O–H groups in total. The molecule has 1 aliphatic rings. The molecule has 0 saturated carbocycles. The standard InChI is InChI=1S/C35H34FN7O4/c36-26-16-30(46-21-28-19-38-23-42(28)12-15-45-20-24-4-2-1-3-5-24)18-31(17-26)47-29-8-6-25(7-9-29)33-32-34(37)39-22-40-35(32)43(41-33)27-10-13-44-14-11-27/h1-9,16-19,22-23,27H,10-15,20-21H2,(H2,37,39,40). The van der Waals surface area contributed by atoms with Gasteiger partial charge in [0.2, 0.25) is 0 Å². The fourth-order valence-corrected chi connectivity index (χ4v) is 5.63. The van der Waals surface area contributed by atoms with E-state index in [9.17, 15) is 4.39 Å². The summed E-state index contributed by atoms with van der Waals surface area (Å²) in [6.07, 6.45) is 6.61. The molecule has 0 bridgehead atoms. The number of nitrogens with zero attached hydrogens (tertiary/aromatic N) is 6. The Morgan fingerprint density at radius 1 is 0.915 bits per heavy atom. The first-order valence-corrected chi connectivity index (χ1v) is 15.5. The highest BCUT2D eigenvalue weighted by molar-refractivity contribution is 5.98. The molecular formula is C35H34FN7O4. The average Bonchev–Trinajstić information content (AvgIpc) is 3.72. The summed E-state index contributed by atoms with van der Waals surface area (Å²) >= 11 is 0. The lowest BCUT2D eigenvalue weighted by Crippen LogP contribution is -2.20. The van der Waals surface area contributed by atoms with Crippen LogP contribution in [0.25, 0.3) is 22.3 Å². The van der Waals surface area contributed by atoms with Gasteiger partial charge < -0.3 is 29.2 Å². The number of anilines is 1. The van der Waals surface area contributed by atoms with Crippen molar-refractivity contribution in [1.82, 2.24) is 29.3 Å². The van der Waals surface area contributed by atoms with Crippen LogP contribution in [0.15, 0.2) is 91.6 Å². The number of nitrogen functional groups attached to an aromatic ring is 1. The lowest BCUT2D eigenvalue weighted by Gasteiger charge is -2.22. The first-order valence-electron chi connectivity index (χ1n) is 15.5. The van der Waals surface area contributed by atoms with Crippen molar-refractivity contribution in [3.05, 3.63) is 109 Å². The third kappa shape index (κ3) is 7.08. The summed E-state index contributed by atoms with van der Waals surface area (Å²) in [5.74, 6) is 1.07. The lowest BCUT2D eigenvalue weighted by atomic mass is 10.1. The normalized spacial score (nSPS) is 13.6. The molecule has 0 unspecified atom stereocenters. The smallest absolute Gasteiger partial charge is 0.164 e. The van der Waals surface area contributed by atoms with Gasteiger partial charge in [-0.3, -0.25) is 0 Å². The molecule has 1 saturated heterocycles. The summed E-state index contributed by atoms with van der Waals surface area (Å²) in [6.45, 7) is 3.23. The van der Waals surface area contributed by atoms with Crippen molar-refractivity contribution < 1.29 is 23.3 Å². The summed E-state index contributed by atoms with van der Waals surface area (Å²) in [5.41, 5.74) is 10.5. The molecule has 0 spiro atoms. The van der Waals surface area contributed by atoms with Crippen LogP contribution < -0.4 is 15.2 Å². The SMILES string of the molecule is Nc1ncnc2c1c(-c1ccc(Oc3cc(F)cc(OCc4cncn4CCOCc4ccccc4)c3)cc1)nn2C1CCOCC1. The molecule has 240 valence electrons. The number of rotatable bonds is 12. The van der Waals surface area contributed by atoms with Crippen molar-refractivity contribution in [1.29, 1.82) is 0 Å². The highest BCUT2D eigenvalue weighted by atomic mass is 19.1. The predicted octanol–water partition coefficient (Wildman–Crippen LogP) is 6.35. The molecule has 7 rings (SSSR count). The number of halogens is 1. The number of fused-ring (bicyclic) bond motifs is 1. The van der Waals surface area contributed by atoms with Crippen molar-refractivity contribution in [3.63, 3.8) is 0 Å². The summed E-state index contributed by atoms with van der Waals surface area (Å²) in [7, 11) is 0. The van der Waals surface area contributed by atoms with Crippen LogP contribution in [0.3, 0.4) is 0 Å². The average molecular weight is 636 g/mol. The monoisotopic (exact) mass is 635 g/mol. The molecular weight excluding hydrogens is 601 g/mol. The highest BCUT2D eigenvalue weighted by Gasteiger charge is 2.24. The van der Waals surface area contributed by atoms with Gasteiger partial charge in [-0.2, -0.15) is 5.10 Å². The van der Waals surface area contributed by atoms with Gasteiger partial charge in [0.15, 0.2) is 5.65 Å². The van der Waals surface area contributed by atoms with Crippen LogP contribution in [0.2, 0.25) is 0 Å². The molecule has 3 aromatic heterocycles. The van der Waals surface area contributed by atoms with Crippen LogP contribution in [0, 0.1) is 5.82 Å². The second-order valence-electron chi connectivity index (χ2n) is 11.2. The quantitative estimate of drug-likeness (QED) is 0.153. The van der Waals surface area contributed by atoms with Crippen molar-refractivity contribution in [3.8, 4) is 28.5 Å². The number of hydrogen-bond acceptors (Lipinski definition) is 9. The highest BCUT2D eigenvalue weighted by Crippen LogP contribution is 2.35. The van der Waals surface area contributed by atoms with Gasteiger partial charge in [-0.15, -0.1) is 0 Å². The van der Waals surface area contributed by atoms with E-state index in [4.69, 9.17) is 29.8 Å². The number of hydrogen-bond donors (Lipinski definition) is 1. The molecule has 11 nitrogen and oxygen atoms in total. The number of nitrogens with two attached hydrogens (primary N) is 1. The molecule has 1 fully saturated rings. The zero-order chi connectivity index (χ0) is 32.0. The van der Waals surface area contributed by atoms with Crippen LogP contribution in [-0.4, -0.2) is 49.1 Å². The van der Waals surface area contributed by atoms with Gasteiger partial charge in [-0.25, -0.2) is 24.0 Å². The van der Waals surface area contributed by atoms with Crippen LogP contribution in [0.1, 0.15) is 30.1 Å². The van der Waals surface area contributed by atoms with Crippen molar-refractivity contribution in [2.45, 2.75) is 38.6 Å². The first-order chi connectivity index (χ1) is 23.1. The Kier molecular flexibility index (Phi) is 9.02. The molecule has 1 aliphatic heterocycles. The van der Waals surface area contributed by atoms with Crippen molar-refractivity contribution in [2.75, 3.05) is 25.6 Å². The fraction of sp³-hybridized carbons (Fsp3) is 0.257. The summed E-state index contributed by atoms with van der Waals surface area (Å²) < 4.78 is 41.8. The second kappa shape index (κ2) is 14.0. The number of aromatic nitrogens is 6. The van der Waals surface area contributed by atoms with Gasteiger partial charge in [0.1, 0.15) is 47.5 Å². The number of ether oxygens (including phenoxy) is 4. The molecule has 0 amide bonds. The fourth-order valence-electron chi connectivity index (χ4n) is 5.63. The molecule has 47 heavy (non-hydrogen) atoms. The molecule has 12 heteroatoms. The minimum absolute atomic E-state index is 0.167. The molecule has 6 aromatic rings. The van der Waals surface area contributed by atoms with Crippen LogP contribution in [0.4, 0.5) is 10.2 Å². The molecule has 0 atom stereocenters. The Morgan fingerprint density at radius 3 is 2.55 bits per heavy atom. The lowest BCUT2D eigenvalue weighted by molar-refractivity contribution is 0.0674. The van der Waals surface area contributed by atoms with Crippen LogP contribution in [0.5, 0.6) is 17.2 Å². The van der Waals surface area contributed by atoms with E-state index >= 15 is 0 Å². The summed E-state index contributed by atoms with van der Waals surface area (Å²) in [5, 5.41) is 5.63. The van der Waals surface area contributed by atoms with Gasteiger partial charge in [-0.1, -0.05) is 30.3 Å². The minimum Gasteiger partial charge on any atom is -0.487 e. The van der Waals surface area contributed by atoms with Gasteiger partial charge >= 0.3 is 0 Å². The van der Waals surface area contributed by atoms with E-state index in [1.54, 1.807) is 30.7 Å². The van der Waals surface area contributed by atoms with E-state index in [0.29, 0.717) is 72.8 Å². The van der Waals surface area contributed by atoms with Gasteiger partial charge in [-0.05, 0) is 42.7 Å². The minimum atomic E-state index is -0.475. The maximum Gasteiger partial charge on any atom is 0.164 e. The predicted molar refractivity (Wildman–Crippen MR) is 173 cm³/mol. The Morgan fingerprint density at radius 2 is 1.72 bits per heavy atom. The number of imidazole rings is 1. The van der Waals surface area contributed by atoms with E-state index in [0.717, 1.165) is 29.7 Å². The van der Waals surface area contributed by atoms with E-state index < -0.39 is 5.82 Å². The third-order valence-electron chi connectivity index (χ3n) is 8.04. The molecule has 0 aliphatic carbocycles. The Bertz CT molecular complexity index is 1940. The molecule has 4 heterocycles. The molecule has 0 radical (unpaired) electrons. The first kappa shape index (κ1) is 30.3. The van der Waals surface area contributed by atoms with E-state index in [1.807, 2.05) is 51.7 Å². The topological polar surface area (TPSA) is 124 Å². The summed E-state index contributed by atoms with van der Waals surface area (Å²) in [4.78, 5) is 13.0. The van der Waals surface area contributed by atoms with Crippen molar-refractivity contribution >= 4 is 16.9 Å². The Hall–Kier alpha value is -5.33. The van der Waals surface area contributed by atoms with Crippen LogP contribution >= 0.6 is 0 Å². The Labute approximate surface area is 270 Å². The van der Waals surface area contributed by atoms with Gasteiger partial charge in [0.25, 0.3) is 0 Å². The van der Waals surface area contributed by atoms with Gasteiger partial charge in [0.05, 0.1) is 42.9 Å². The van der Waals surface area contributed by atoms with Crippen molar-refractivity contribution in [2.24, 2.45) is 0 Å². The summed E-state index contributed by atoms with van der Waals surface area (Å²) in [6, 6.07) is 21.9. The molecule has 3 aromatic carbocycles. The van der Waals surface area contributed by atoms with E-state index in [-0.39, 0.29) is 12.6 Å². The zero-order valence-electron chi connectivity index (χ0n) is 25.7. The largest absolute Gasteiger partial charge is 0.487 e. The maximum atomic E-state index is 14.6. The second-order valence-corrected chi connectivity index (χ2v) is 11.2. The van der Waals surface area contributed by atoms with E-state index in [1.165, 1.54) is 18.5 Å².